The van der Waals surface area contributed by atoms with Gasteiger partial charge in [-0.1, -0.05) is 24.3 Å². The average molecular weight is 327 g/mol. The molecular formula is C18H14FNO4. The number of amides is 2. The molecule has 1 aliphatic rings. The predicted octanol–water partition coefficient (Wildman–Crippen LogP) is 2.51. The van der Waals surface area contributed by atoms with Gasteiger partial charge in [-0.25, -0.2) is 9.18 Å². The Labute approximate surface area is 137 Å². The van der Waals surface area contributed by atoms with E-state index in [1.54, 1.807) is 12.1 Å². The van der Waals surface area contributed by atoms with Gasteiger partial charge in [0.15, 0.2) is 0 Å². The van der Waals surface area contributed by atoms with Crippen LogP contribution < -0.4 is 0 Å². The van der Waals surface area contributed by atoms with Crippen LogP contribution in [-0.2, 0) is 11.2 Å². The van der Waals surface area contributed by atoms with Crippen LogP contribution in [0.15, 0.2) is 48.5 Å². The Kier molecular flexibility index (Phi) is 3.67. The lowest BCUT2D eigenvalue weighted by Gasteiger charge is -2.33. The summed E-state index contributed by atoms with van der Waals surface area (Å²) in [5.74, 6) is -3.02. The third kappa shape index (κ3) is 2.36. The van der Waals surface area contributed by atoms with Gasteiger partial charge in [-0.15, -0.1) is 0 Å². The van der Waals surface area contributed by atoms with E-state index in [0.29, 0.717) is 5.56 Å². The summed E-state index contributed by atoms with van der Waals surface area (Å²) >= 11 is 0. The molecule has 2 aromatic rings. The van der Waals surface area contributed by atoms with Gasteiger partial charge in [-0.3, -0.25) is 14.5 Å². The van der Waals surface area contributed by atoms with Crippen LogP contribution in [-0.4, -0.2) is 33.3 Å². The zero-order chi connectivity index (χ0) is 17.5. The van der Waals surface area contributed by atoms with Gasteiger partial charge >= 0.3 is 5.97 Å². The van der Waals surface area contributed by atoms with Gasteiger partial charge in [0, 0.05) is 6.42 Å². The molecule has 1 unspecified atom stereocenters. The highest BCUT2D eigenvalue weighted by Gasteiger charge is 2.50. The number of carboxylic acids is 1. The lowest BCUT2D eigenvalue weighted by molar-refractivity contribution is -0.147. The van der Waals surface area contributed by atoms with Gasteiger partial charge < -0.3 is 5.11 Å². The van der Waals surface area contributed by atoms with E-state index in [2.05, 4.69) is 0 Å². The number of aliphatic carboxylic acids is 1. The fraction of sp³-hybridized carbons (Fsp3) is 0.167. The van der Waals surface area contributed by atoms with Gasteiger partial charge in [-0.2, -0.15) is 0 Å². The largest absolute Gasteiger partial charge is 0.479 e. The number of fused-ring (bicyclic) bond motifs is 1. The fourth-order valence-electron chi connectivity index (χ4n) is 2.89. The zero-order valence-corrected chi connectivity index (χ0v) is 12.8. The van der Waals surface area contributed by atoms with Crippen molar-refractivity contribution in [2.45, 2.75) is 18.9 Å². The van der Waals surface area contributed by atoms with Crippen molar-refractivity contribution >= 4 is 17.8 Å². The molecule has 3 rings (SSSR count). The molecule has 0 fully saturated rings. The summed E-state index contributed by atoms with van der Waals surface area (Å²) < 4.78 is 13.0. The second-order valence-electron chi connectivity index (χ2n) is 5.87. The molecule has 5 nitrogen and oxygen atoms in total. The maximum atomic E-state index is 13.0. The highest BCUT2D eigenvalue weighted by atomic mass is 19.1. The summed E-state index contributed by atoms with van der Waals surface area (Å²) in [6.45, 7) is 1.32. The molecule has 1 N–H and O–H groups in total. The van der Waals surface area contributed by atoms with E-state index in [0.717, 1.165) is 4.90 Å². The van der Waals surface area contributed by atoms with Crippen molar-refractivity contribution in [3.8, 4) is 0 Å². The van der Waals surface area contributed by atoms with Crippen LogP contribution in [0.4, 0.5) is 4.39 Å². The number of rotatable bonds is 4. The summed E-state index contributed by atoms with van der Waals surface area (Å²) in [4.78, 5) is 37.9. The average Bonchev–Trinajstić information content (AvgIpc) is 2.82. The van der Waals surface area contributed by atoms with E-state index in [1.807, 2.05) is 0 Å². The van der Waals surface area contributed by atoms with Crippen LogP contribution in [0.5, 0.6) is 0 Å². The van der Waals surface area contributed by atoms with Crippen molar-refractivity contribution in [2.75, 3.05) is 0 Å². The van der Waals surface area contributed by atoms with Crippen molar-refractivity contribution in [1.29, 1.82) is 0 Å². The van der Waals surface area contributed by atoms with E-state index >= 15 is 0 Å². The second kappa shape index (κ2) is 5.56. The minimum Gasteiger partial charge on any atom is -0.479 e. The molecule has 1 aliphatic heterocycles. The molecule has 122 valence electrons. The summed E-state index contributed by atoms with van der Waals surface area (Å²) in [6.07, 6.45) is -0.117. The van der Waals surface area contributed by atoms with Crippen LogP contribution in [0, 0.1) is 5.82 Å². The highest BCUT2D eigenvalue weighted by molar-refractivity contribution is 6.23. The van der Waals surface area contributed by atoms with Crippen molar-refractivity contribution in [3.63, 3.8) is 0 Å². The van der Waals surface area contributed by atoms with Gasteiger partial charge in [-0.05, 0) is 36.8 Å². The molecule has 1 atom stereocenters. The van der Waals surface area contributed by atoms with Gasteiger partial charge in [0.1, 0.15) is 11.4 Å². The lowest BCUT2D eigenvalue weighted by atomic mass is 9.90. The number of carbonyl (C=O) groups excluding carboxylic acids is 2. The Morgan fingerprint density at radius 3 is 2.00 bits per heavy atom. The number of hydrogen-bond acceptors (Lipinski definition) is 3. The Morgan fingerprint density at radius 2 is 1.54 bits per heavy atom. The number of hydrogen-bond donors (Lipinski definition) is 1. The standard InChI is InChI=1S/C18H14FNO4/c1-18(17(23)24,10-11-6-8-12(19)9-7-11)20-15(21)13-4-2-3-5-14(13)16(20)22/h2-9H,10H2,1H3,(H,23,24). The minimum atomic E-state index is -1.77. The molecule has 2 aromatic carbocycles. The maximum Gasteiger partial charge on any atom is 0.330 e. The molecule has 0 spiro atoms. The van der Waals surface area contributed by atoms with Crippen molar-refractivity contribution in [3.05, 3.63) is 71.0 Å². The van der Waals surface area contributed by atoms with Gasteiger partial charge in [0.05, 0.1) is 11.1 Å². The van der Waals surface area contributed by atoms with E-state index in [1.165, 1.54) is 43.3 Å². The lowest BCUT2D eigenvalue weighted by Crippen LogP contribution is -2.56. The third-order valence-electron chi connectivity index (χ3n) is 4.21. The number of imide groups is 1. The smallest absolute Gasteiger partial charge is 0.330 e. The minimum absolute atomic E-state index is 0.117. The van der Waals surface area contributed by atoms with E-state index in [4.69, 9.17) is 0 Å². The monoisotopic (exact) mass is 327 g/mol. The summed E-state index contributed by atoms with van der Waals surface area (Å²) in [5.41, 5.74) is -0.883. The fourth-order valence-corrected chi connectivity index (χ4v) is 2.89. The van der Waals surface area contributed by atoms with Crippen molar-refractivity contribution in [2.24, 2.45) is 0 Å². The Morgan fingerprint density at radius 1 is 1.04 bits per heavy atom. The Hall–Kier alpha value is -3.02. The predicted molar refractivity (Wildman–Crippen MR) is 83.1 cm³/mol. The van der Waals surface area contributed by atoms with E-state index < -0.39 is 29.1 Å². The Bertz CT molecular complexity index is 811. The molecule has 24 heavy (non-hydrogen) atoms. The maximum absolute atomic E-state index is 13.0. The molecule has 0 aromatic heterocycles. The van der Waals surface area contributed by atoms with Gasteiger partial charge in [0.2, 0.25) is 0 Å². The molecule has 1 heterocycles. The first-order valence-electron chi connectivity index (χ1n) is 7.30. The van der Waals surface area contributed by atoms with E-state index in [9.17, 15) is 23.9 Å². The second-order valence-corrected chi connectivity index (χ2v) is 5.87. The first-order valence-corrected chi connectivity index (χ1v) is 7.30. The number of carbonyl (C=O) groups is 3. The Balaban J connectivity index is 2.03. The van der Waals surface area contributed by atoms with Crippen molar-refractivity contribution < 1.29 is 23.9 Å². The van der Waals surface area contributed by atoms with Gasteiger partial charge in [0.25, 0.3) is 11.8 Å². The topological polar surface area (TPSA) is 74.7 Å². The SMILES string of the molecule is CC(Cc1ccc(F)cc1)(C(=O)O)N1C(=O)c2ccccc2C1=O. The number of nitrogens with zero attached hydrogens (tertiary/aromatic N) is 1. The van der Waals surface area contributed by atoms with E-state index in [-0.39, 0.29) is 17.5 Å². The first-order chi connectivity index (χ1) is 11.3. The summed E-state index contributed by atoms with van der Waals surface area (Å²) in [7, 11) is 0. The molecular weight excluding hydrogens is 313 g/mol. The molecule has 2 amide bonds. The quantitative estimate of drug-likeness (QED) is 0.876. The molecule has 0 aliphatic carbocycles. The third-order valence-corrected chi connectivity index (χ3v) is 4.21. The molecule has 0 saturated carbocycles. The summed E-state index contributed by atoms with van der Waals surface area (Å²) in [5, 5.41) is 9.70. The van der Waals surface area contributed by atoms with Crippen LogP contribution in [0.3, 0.4) is 0 Å². The number of benzene rings is 2. The number of carboxylic acid groups (broad SMARTS) is 1. The normalized spacial score (nSPS) is 16.0. The van der Waals surface area contributed by atoms with Crippen LogP contribution in [0.1, 0.15) is 33.2 Å². The van der Waals surface area contributed by atoms with Crippen LogP contribution in [0.2, 0.25) is 0 Å². The molecule has 0 radical (unpaired) electrons. The number of halogens is 1. The van der Waals surface area contributed by atoms with Crippen LogP contribution in [0.25, 0.3) is 0 Å². The molecule has 0 saturated heterocycles. The first kappa shape index (κ1) is 15.9. The highest BCUT2D eigenvalue weighted by Crippen LogP contribution is 2.32. The summed E-state index contributed by atoms with van der Waals surface area (Å²) in [6, 6.07) is 11.5. The molecule has 6 heteroatoms. The van der Waals surface area contributed by atoms with Crippen molar-refractivity contribution in [1.82, 2.24) is 4.90 Å². The van der Waals surface area contributed by atoms with Crippen LogP contribution >= 0.6 is 0 Å². The molecule has 0 bridgehead atoms. The zero-order valence-electron chi connectivity index (χ0n) is 12.8.